The van der Waals surface area contributed by atoms with Gasteiger partial charge in [-0.05, 0) is 35.9 Å². The molecule has 0 saturated carbocycles. The zero-order valence-corrected chi connectivity index (χ0v) is 20.5. The molecule has 0 atom stereocenters. The van der Waals surface area contributed by atoms with Crippen LogP contribution in [0, 0.1) is 0 Å². The van der Waals surface area contributed by atoms with Gasteiger partial charge in [0.1, 0.15) is 28.6 Å². The van der Waals surface area contributed by atoms with E-state index >= 15 is 0 Å². The van der Waals surface area contributed by atoms with Crippen molar-refractivity contribution in [2.24, 2.45) is 7.05 Å². The lowest BCUT2D eigenvalue weighted by molar-refractivity contribution is -0.488. The van der Waals surface area contributed by atoms with Crippen LogP contribution < -0.4 is 10.1 Å². The largest absolute Gasteiger partial charge is 0.457 e. The lowest BCUT2D eigenvalue weighted by Crippen LogP contribution is -2.72. The molecule has 0 unspecified atom stereocenters. The van der Waals surface area contributed by atoms with Gasteiger partial charge >= 0.3 is 12.1 Å². The highest BCUT2D eigenvalue weighted by Gasteiger charge is 2.33. The van der Waals surface area contributed by atoms with Crippen molar-refractivity contribution in [3.05, 3.63) is 78.2 Å². The van der Waals surface area contributed by atoms with E-state index in [1.54, 1.807) is 6.07 Å². The van der Waals surface area contributed by atoms with E-state index in [1.165, 1.54) is 17.8 Å². The number of benzene rings is 2. The van der Waals surface area contributed by atoms with E-state index in [1.807, 2.05) is 35.1 Å². The zero-order valence-electron chi connectivity index (χ0n) is 18.3. The number of nitrogens with zero attached hydrogens (tertiary/aromatic N) is 4. The SMILES string of the molecule is Cn1c([NH2+]c2ccc(CI)cc2)nc2cc(Oc3ccnc(-c4ncc(C(F)(F)F)[nH]4)c3)ccc21. The minimum Gasteiger partial charge on any atom is -0.457 e. The number of aromatic nitrogens is 5. The molecule has 0 radical (unpaired) electrons. The first-order valence-electron chi connectivity index (χ1n) is 10.5. The summed E-state index contributed by atoms with van der Waals surface area (Å²) in [6.07, 6.45) is -2.31. The molecule has 0 bridgehead atoms. The maximum Gasteiger partial charge on any atom is 0.432 e. The number of quaternary nitrogens is 1. The van der Waals surface area contributed by atoms with Crippen LogP contribution in [0.15, 0.2) is 67.0 Å². The second-order valence-electron chi connectivity index (χ2n) is 7.82. The zero-order chi connectivity index (χ0) is 24.6. The van der Waals surface area contributed by atoms with Crippen molar-refractivity contribution in [3.63, 3.8) is 0 Å². The van der Waals surface area contributed by atoms with Crippen LogP contribution in [0.25, 0.3) is 22.6 Å². The molecule has 0 amide bonds. The molecule has 0 aliphatic heterocycles. The maximum atomic E-state index is 12.9. The summed E-state index contributed by atoms with van der Waals surface area (Å²) in [5.74, 6) is 1.78. The van der Waals surface area contributed by atoms with Crippen LogP contribution in [0.4, 0.5) is 24.8 Å². The standard InChI is InChI=1S/C24H18F3IN6O/c1-34-20-7-6-16(10-18(20)32-23(34)31-15-4-2-14(12-28)3-5-15)35-17-8-9-29-19(11-17)22-30-13-21(33-22)24(25,26)27/h2-11,13H,12H2,1H3,(H,30,33)(H,31,32)/p+1. The molecule has 35 heavy (non-hydrogen) atoms. The number of alkyl halides is 4. The molecule has 0 aliphatic rings. The van der Waals surface area contributed by atoms with E-state index in [-0.39, 0.29) is 11.5 Å². The summed E-state index contributed by atoms with van der Waals surface area (Å²) in [4.78, 5) is 14.9. The lowest BCUT2D eigenvalue weighted by Gasteiger charge is -2.07. The van der Waals surface area contributed by atoms with Crippen LogP contribution in [0.5, 0.6) is 11.5 Å². The van der Waals surface area contributed by atoms with Gasteiger partial charge in [-0.3, -0.25) is 9.55 Å². The average Bonchev–Trinajstić information content (AvgIpc) is 3.46. The van der Waals surface area contributed by atoms with Crippen LogP contribution in [-0.4, -0.2) is 24.5 Å². The summed E-state index contributed by atoms with van der Waals surface area (Å²) in [5, 5.41) is 2.02. The molecule has 0 aliphatic carbocycles. The van der Waals surface area contributed by atoms with Gasteiger partial charge < -0.3 is 9.72 Å². The number of nitrogens with two attached hydrogens (primary N) is 1. The number of nitrogens with one attached hydrogen (secondary N) is 1. The first-order chi connectivity index (χ1) is 16.8. The summed E-state index contributed by atoms with van der Waals surface area (Å²) >= 11 is 2.33. The molecule has 2 aromatic carbocycles. The van der Waals surface area contributed by atoms with E-state index < -0.39 is 11.9 Å². The van der Waals surface area contributed by atoms with Gasteiger partial charge in [0.05, 0.1) is 17.2 Å². The Balaban J connectivity index is 1.37. The number of hydrogen-bond acceptors (Lipinski definition) is 4. The molecule has 5 aromatic rings. The number of rotatable bonds is 6. The summed E-state index contributed by atoms with van der Waals surface area (Å²) in [6.45, 7) is 0. The van der Waals surface area contributed by atoms with Gasteiger partial charge in [0, 0.05) is 29.8 Å². The van der Waals surface area contributed by atoms with Crippen LogP contribution in [0.1, 0.15) is 11.3 Å². The first-order valence-corrected chi connectivity index (χ1v) is 12.1. The van der Waals surface area contributed by atoms with E-state index in [9.17, 15) is 13.2 Å². The highest BCUT2D eigenvalue weighted by atomic mass is 127. The molecule has 178 valence electrons. The van der Waals surface area contributed by atoms with Crippen LogP contribution in [0.3, 0.4) is 0 Å². The van der Waals surface area contributed by atoms with E-state index in [0.29, 0.717) is 11.5 Å². The normalized spacial score (nSPS) is 11.8. The van der Waals surface area contributed by atoms with Crippen molar-refractivity contribution in [3.8, 4) is 23.0 Å². The Morgan fingerprint density at radius 1 is 1.03 bits per heavy atom. The number of hydrogen-bond donors (Lipinski definition) is 2. The smallest absolute Gasteiger partial charge is 0.432 e. The van der Waals surface area contributed by atoms with Gasteiger partial charge in [-0.2, -0.15) is 18.2 Å². The molecule has 5 rings (SSSR count). The van der Waals surface area contributed by atoms with E-state index in [0.717, 1.165) is 33.3 Å². The van der Waals surface area contributed by atoms with E-state index in [4.69, 9.17) is 9.72 Å². The van der Waals surface area contributed by atoms with Crippen molar-refractivity contribution in [1.82, 2.24) is 24.5 Å². The van der Waals surface area contributed by atoms with Crippen LogP contribution in [0.2, 0.25) is 0 Å². The minimum absolute atomic E-state index is 0.00894. The second-order valence-corrected chi connectivity index (χ2v) is 8.58. The Labute approximate surface area is 211 Å². The Kier molecular flexibility index (Phi) is 6.19. The van der Waals surface area contributed by atoms with Gasteiger partial charge in [0.25, 0.3) is 0 Å². The first kappa shape index (κ1) is 23.3. The Bertz CT molecular complexity index is 1490. The molecule has 0 spiro atoms. The van der Waals surface area contributed by atoms with Crippen LogP contribution >= 0.6 is 22.6 Å². The third kappa shape index (κ3) is 5.00. The summed E-state index contributed by atoms with van der Waals surface area (Å²) in [5.41, 5.74) is 3.33. The number of halogens is 4. The molecule has 3 N–H and O–H groups in total. The molecule has 7 nitrogen and oxygen atoms in total. The van der Waals surface area contributed by atoms with Crippen LogP contribution in [-0.2, 0) is 17.7 Å². The average molecular weight is 591 g/mol. The maximum absolute atomic E-state index is 12.9. The number of ether oxygens (including phenoxy) is 1. The van der Waals surface area contributed by atoms with Gasteiger partial charge in [0.15, 0.2) is 5.82 Å². The Morgan fingerprint density at radius 3 is 2.51 bits per heavy atom. The monoisotopic (exact) mass is 591 g/mol. The minimum atomic E-state index is -4.51. The number of H-pyrrole nitrogens is 1. The highest BCUT2D eigenvalue weighted by Crippen LogP contribution is 2.31. The summed E-state index contributed by atoms with van der Waals surface area (Å²) in [7, 11) is 1.95. The predicted octanol–water partition coefficient (Wildman–Crippen LogP) is 5.63. The van der Waals surface area contributed by atoms with Crippen molar-refractivity contribution >= 4 is 45.3 Å². The molecule has 0 saturated heterocycles. The number of aromatic amines is 1. The lowest BCUT2D eigenvalue weighted by atomic mass is 10.2. The highest BCUT2D eigenvalue weighted by molar-refractivity contribution is 14.1. The van der Waals surface area contributed by atoms with Crippen molar-refractivity contribution in [1.29, 1.82) is 0 Å². The summed E-state index contributed by atoms with van der Waals surface area (Å²) in [6, 6.07) is 17.0. The number of pyridine rings is 1. The van der Waals surface area contributed by atoms with Crippen molar-refractivity contribution in [2.45, 2.75) is 10.6 Å². The van der Waals surface area contributed by atoms with Gasteiger partial charge in [-0.15, -0.1) is 0 Å². The predicted molar refractivity (Wildman–Crippen MR) is 133 cm³/mol. The molecular formula is C24H19F3IN6O+. The number of aryl methyl sites for hydroxylation is 1. The fourth-order valence-electron chi connectivity index (χ4n) is 3.58. The number of fused-ring (bicyclic) bond motifs is 1. The summed E-state index contributed by atoms with van der Waals surface area (Å²) < 4.78 is 47.5. The Morgan fingerprint density at radius 2 is 1.80 bits per heavy atom. The fourth-order valence-corrected chi connectivity index (χ4v) is 4.09. The fraction of sp³-hybridized carbons (Fsp3) is 0.125. The van der Waals surface area contributed by atoms with E-state index in [2.05, 4.69) is 61.8 Å². The van der Waals surface area contributed by atoms with Crippen molar-refractivity contribution < 1.29 is 23.2 Å². The van der Waals surface area contributed by atoms with Gasteiger partial charge in [0.2, 0.25) is 0 Å². The van der Waals surface area contributed by atoms with Gasteiger partial charge in [-0.1, -0.05) is 34.7 Å². The molecule has 3 heterocycles. The third-order valence-electron chi connectivity index (χ3n) is 5.41. The molecule has 0 fully saturated rings. The number of imidazole rings is 2. The Hall–Kier alpha value is -3.45. The molecule has 3 aromatic heterocycles. The quantitative estimate of drug-likeness (QED) is 0.152. The van der Waals surface area contributed by atoms with Crippen molar-refractivity contribution in [2.75, 3.05) is 0 Å². The topological polar surface area (TPSA) is 85.2 Å². The second kappa shape index (κ2) is 9.30. The molecular weight excluding hydrogens is 572 g/mol. The third-order valence-corrected chi connectivity index (χ3v) is 6.29. The van der Waals surface area contributed by atoms with Gasteiger partial charge in [-0.25, -0.2) is 10.3 Å². The molecule has 11 heteroatoms.